The summed E-state index contributed by atoms with van der Waals surface area (Å²) >= 11 is 4.64. The zero-order valence-corrected chi connectivity index (χ0v) is 6.66. The van der Waals surface area contributed by atoms with Gasteiger partial charge < -0.3 is 10.6 Å². The van der Waals surface area contributed by atoms with Gasteiger partial charge in [-0.3, -0.25) is 0 Å². The predicted octanol–water partition coefficient (Wildman–Crippen LogP) is -0.250. The molecule has 1 aliphatic rings. The van der Waals surface area contributed by atoms with Crippen molar-refractivity contribution in [3.05, 3.63) is 5.70 Å². The fraction of sp³-hybridized carbons (Fsp3) is 0.667. The van der Waals surface area contributed by atoms with Crippen molar-refractivity contribution in [3.63, 3.8) is 0 Å². The molecule has 0 aromatic rings. The second-order valence-corrected chi connectivity index (χ2v) is 1.68. The number of hydrogen-bond donors (Lipinski definition) is 2. The number of piperazine rings is 1. The molecule has 0 unspecified atom stereocenters. The molecule has 58 valence electrons. The minimum atomic E-state index is 0.635. The molecule has 0 atom stereocenters. The molecule has 10 heavy (non-hydrogen) atoms. The van der Waals surface area contributed by atoms with Crippen molar-refractivity contribution in [2.24, 2.45) is 0 Å². The fourth-order valence-corrected chi connectivity index (χ4v) is 0.650. The normalized spacial score (nSPS) is 16.0. The Morgan fingerprint density at radius 1 is 1.50 bits per heavy atom. The SMILES string of the molecule is CCl.O=C=C1CNCCN1. The van der Waals surface area contributed by atoms with Gasteiger partial charge in [-0.05, 0) is 0 Å². The van der Waals surface area contributed by atoms with E-state index in [0.717, 1.165) is 13.1 Å². The van der Waals surface area contributed by atoms with Crippen molar-refractivity contribution in [1.29, 1.82) is 0 Å². The Morgan fingerprint density at radius 2 is 2.20 bits per heavy atom. The van der Waals surface area contributed by atoms with E-state index in [-0.39, 0.29) is 0 Å². The monoisotopic (exact) mass is 162 g/mol. The van der Waals surface area contributed by atoms with Crippen LogP contribution in [0.15, 0.2) is 5.70 Å². The lowest BCUT2D eigenvalue weighted by Crippen LogP contribution is -2.38. The first-order valence-electron chi connectivity index (χ1n) is 3.00. The fourth-order valence-electron chi connectivity index (χ4n) is 0.650. The first-order valence-corrected chi connectivity index (χ1v) is 3.75. The van der Waals surface area contributed by atoms with Crippen molar-refractivity contribution < 1.29 is 4.79 Å². The van der Waals surface area contributed by atoms with Gasteiger partial charge in [-0.15, -0.1) is 11.6 Å². The molecule has 1 fully saturated rings. The quantitative estimate of drug-likeness (QED) is 0.381. The van der Waals surface area contributed by atoms with E-state index in [2.05, 4.69) is 22.2 Å². The molecule has 1 heterocycles. The van der Waals surface area contributed by atoms with Gasteiger partial charge in [0, 0.05) is 26.0 Å². The molecular formula is C6H11ClN2O. The summed E-state index contributed by atoms with van der Waals surface area (Å²) in [6.45, 7) is 2.42. The van der Waals surface area contributed by atoms with Crippen LogP contribution in [0.25, 0.3) is 0 Å². The van der Waals surface area contributed by atoms with Crippen molar-refractivity contribution in [2.75, 3.05) is 26.0 Å². The Balaban J connectivity index is 0.000000371. The Bertz CT molecular complexity index is 124. The average Bonchev–Trinajstić information content (AvgIpc) is 2.10. The first-order chi connectivity index (χ1) is 4.93. The van der Waals surface area contributed by atoms with E-state index in [1.165, 1.54) is 6.38 Å². The molecule has 0 aliphatic carbocycles. The molecule has 0 spiro atoms. The molecular weight excluding hydrogens is 152 g/mol. The number of halogens is 1. The maximum Gasteiger partial charge on any atom is 0.146 e. The Labute approximate surface area is 65.4 Å². The molecule has 4 heteroatoms. The highest BCUT2D eigenvalue weighted by atomic mass is 35.5. The van der Waals surface area contributed by atoms with Crippen LogP contribution in [0.4, 0.5) is 0 Å². The Hall–Kier alpha value is -0.500. The van der Waals surface area contributed by atoms with E-state index in [1.54, 1.807) is 5.94 Å². The summed E-state index contributed by atoms with van der Waals surface area (Å²) in [5.74, 6) is 1.80. The van der Waals surface area contributed by atoms with Crippen molar-refractivity contribution in [3.8, 4) is 0 Å². The molecule has 2 N–H and O–H groups in total. The molecule has 3 nitrogen and oxygen atoms in total. The van der Waals surface area contributed by atoms with Gasteiger partial charge in [0.1, 0.15) is 11.6 Å². The van der Waals surface area contributed by atoms with E-state index >= 15 is 0 Å². The first kappa shape index (κ1) is 9.50. The van der Waals surface area contributed by atoms with E-state index in [0.29, 0.717) is 12.2 Å². The summed E-state index contributed by atoms with van der Waals surface area (Å²) in [6.07, 6.45) is 1.47. The molecule has 0 saturated carbocycles. The molecule has 1 aliphatic heterocycles. The number of nitrogens with one attached hydrogen (secondary N) is 2. The summed E-state index contributed by atoms with van der Waals surface area (Å²) in [4.78, 5) is 9.90. The van der Waals surface area contributed by atoms with Gasteiger partial charge in [0.2, 0.25) is 0 Å². The summed E-state index contributed by atoms with van der Waals surface area (Å²) in [5.41, 5.74) is 0.635. The van der Waals surface area contributed by atoms with Crippen LogP contribution >= 0.6 is 11.6 Å². The van der Waals surface area contributed by atoms with E-state index in [4.69, 9.17) is 0 Å². The number of hydrogen-bond acceptors (Lipinski definition) is 3. The number of carbonyl (C=O) groups excluding carboxylic acids is 1. The smallest absolute Gasteiger partial charge is 0.146 e. The van der Waals surface area contributed by atoms with Crippen LogP contribution in [0.5, 0.6) is 0 Å². The summed E-state index contributed by atoms with van der Waals surface area (Å²) in [7, 11) is 0. The summed E-state index contributed by atoms with van der Waals surface area (Å²) in [6, 6.07) is 0. The van der Waals surface area contributed by atoms with Gasteiger partial charge in [0.25, 0.3) is 0 Å². The van der Waals surface area contributed by atoms with Crippen LogP contribution in [-0.4, -0.2) is 32.0 Å². The highest BCUT2D eigenvalue weighted by Crippen LogP contribution is 1.81. The molecule has 1 saturated heterocycles. The second kappa shape index (κ2) is 6.62. The van der Waals surface area contributed by atoms with E-state index < -0.39 is 0 Å². The van der Waals surface area contributed by atoms with E-state index in [1.807, 2.05) is 0 Å². The second-order valence-electron chi connectivity index (χ2n) is 1.68. The van der Waals surface area contributed by atoms with Gasteiger partial charge in [0.05, 0.1) is 0 Å². The highest BCUT2D eigenvalue weighted by molar-refractivity contribution is 6.15. The Kier molecular flexibility index (Phi) is 6.29. The summed E-state index contributed by atoms with van der Waals surface area (Å²) < 4.78 is 0. The van der Waals surface area contributed by atoms with Gasteiger partial charge in [-0.25, -0.2) is 4.79 Å². The largest absolute Gasteiger partial charge is 0.377 e. The van der Waals surface area contributed by atoms with Crippen LogP contribution in [-0.2, 0) is 4.79 Å². The lowest BCUT2D eigenvalue weighted by atomic mass is 10.4. The predicted molar refractivity (Wildman–Crippen MR) is 41.9 cm³/mol. The van der Waals surface area contributed by atoms with Crippen LogP contribution in [0.3, 0.4) is 0 Å². The van der Waals surface area contributed by atoms with Gasteiger partial charge in [0.15, 0.2) is 0 Å². The van der Waals surface area contributed by atoms with Crippen LogP contribution in [0.1, 0.15) is 0 Å². The third kappa shape index (κ3) is 3.51. The number of alkyl halides is 1. The molecule has 0 amide bonds. The third-order valence-corrected chi connectivity index (χ3v) is 1.07. The average molecular weight is 163 g/mol. The Morgan fingerprint density at radius 3 is 2.50 bits per heavy atom. The van der Waals surface area contributed by atoms with Crippen LogP contribution in [0.2, 0.25) is 0 Å². The molecule has 1 rings (SSSR count). The molecule has 0 bridgehead atoms. The lowest BCUT2D eigenvalue weighted by Gasteiger charge is -2.13. The van der Waals surface area contributed by atoms with Gasteiger partial charge in [-0.2, -0.15) is 0 Å². The summed E-state index contributed by atoms with van der Waals surface area (Å²) in [5, 5.41) is 5.92. The van der Waals surface area contributed by atoms with Crippen molar-refractivity contribution >= 4 is 17.5 Å². The standard InChI is InChI=1S/C5H8N2O.CH3Cl/c8-4-5-3-6-1-2-7-5;1-2/h6-7H,1-3H2;1H3. The van der Waals surface area contributed by atoms with Crippen molar-refractivity contribution in [2.45, 2.75) is 0 Å². The minimum Gasteiger partial charge on any atom is -0.377 e. The zero-order valence-electron chi connectivity index (χ0n) is 5.91. The minimum absolute atomic E-state index is 0.635. The molecule has 0 aromatic carbocycles. The third-order valence-electron chi connectivity index (χ3n) is 1.07. The van der Waals surface area contributed by atoms with Gasteiger partial charge >= 0.3 is 0 Å². The van der Waals surface area contributed by atoms with Crippen molar-refractivity contribution in [1.82, 2.24) is 10.6 Å². The highest BCUT2D eigenvalue weighted by Gasteiger charge is 2.00. The number of rotatable bonds is 0. The van der Waals surface area contributed by atoms with E-state index in [9.17, 15) is 4.79 Å². The van der Waals surface area contributed by atoms with Gasteiger partial charge in [-0.1, -0.05) is 0 Å². The molecule has 0 aromatic heterocycles. The molecule has 0 radical (unpaired) electrons. The topological polar surface area (TPSA) is 41.1 Å². The maximum atomic E-state index is 9.90. The lowest BCUT2D eigenvalue weighted by molar-refractivity contribution is 0.551. The maximum absolute atomic E-state index is 9.90. The van der Waals surface area contributed by atoms with Crippen LogP contribution < -0.4 is 10.6 Å². The van der Waals surface area contributed by atoms with Crippen LogP contribution in [0, 0.1) is 0 Å². The zero-order chi connectivity index (χ0) is 7.82.